The molecule has 5 rings (SSSR count). The number of β-lactam (4-membered cyclic amide) rings is 1. The molecule has 48 heavy (non-hydrogen) atoms. The minimum absolute atomic E-state index is 0.0480. The molecule has 2 aromatic rings. The second kappa shape index (κ2) is 13.9. The number of nitrogens with zero attached hydrogens (tertiary/aromatic N) is 4. The number of hydrogen-bond acceptors (Lipinski definition) is 13. The molecular weight excluding hydrogens is 694 g/mol. The van der Waals surface area contributed by atoms with Gasteiger partial charge in [-0.2, -0.15) is 0 Å². The summed E-state index contributed by atoms with van der Waals surface area (Å²) in [5, 5.41) is 47.7. The highest BCUT2D eigenvalue weighted by atomic mass is 35.5. The van der Waals surface area contributed by atoms with E-state index in [0.29, 0.717) is 22.4 Å². The number of likely N-dealkylation sites (tertiary alicyclic amines) is 1. The van der Waals surface area contributed by atoms with Crippen molar-refractivity contribution in [2.24, 2.45) is 5.16 Å². The number of phenols is 2. The lowest BCUT2D eigenvalue weighted by Gasteiger charge is -2.49. The van der Waals surface area contributed by atoms with Crippen molar-refractivity contribution in [3.63, 3.8) is 0 Å². The van der Waals surface area contributed by atoms with E-state index in [2.05, 4.69) is 27.8 Å². The van der Waals surface area contributed by atoms with Gasteiger partial charge < -0.3 is 46.1 Å². The summed E-state index contributed by atoms with van der Waals surface area (Å²) in [7, 11) is 2.06. The van der Waals surface area contributed by atoms with Crippen LogP contribution in [0.3, 0.4) is 0 Å². The fourth-order valence-electron chi connectivity index (χ4n) is 5.65. The van der Waals surface area contributed by atoms with Crippen LogP contribution in [0.2, 0.25) is 5.02 Å². The summed E-state index contributed by atoms with van der Waals surface area (Å²) >= 11 is 8.20. The van der Waals surface area contributed by atoms with Crippen LogP contribution in [0.5, 0.6) is 11.5 Å². The van der Waals surface area contributed by atoms with Gasteiger partial charge in [0.05, 0.1) is 30.7 Å². The van der Waals surface area contributed by atoms with E-state index >= 15 is 0 Å². The van der Waals surface area contributed by atoms with Crippen LogP contribution in [-0.4, -0.2) is 127 Å². The number of rotatable bonds is 12. The first-order valence-corrected chi connectivity index (χ1v) is 16.7. The molecule has 3 atom stereocenters. The molecule has 0 spiro atoms. The van der Waals surface area contributed by atoms with Crippen molar-refractivity contribution in [3.8, 4) is 11.5 Å². The van der Waals surface area contributed by atoms with Gasteiger partial charge in [0.25, 0.3) is 17.7 Å². The fraction of sp³-hybridized carbons (Fsp3) is 0.393. The highest BCUT2D eigenvalue weighted by Crippen LogP contribution is 2.41. The monoisotopic (exact) mass is 724 g/mol. The molecule has 17 nitrogen and oxygen atoms in total. The van der Waals surface area contributed by atoms with Crippen molar-refractivity contribution in [3.05, 3.63) is 45.1 Å². The third-order valence-electron chi connectivity index (χ3n) is 8.07. The number of carbonyl (C=O) groups excluding carboxylic acids is 3. The van der Waals surface area contributed by atoms with E-state index in [1.807, 2.05) is 0 Å². The molecule has 2 fully saturated rings. The van der Waals surface area contributed by atoms with Gasteiger partial charge in [-0.25, -0.2) is 14.6 Å². The number of benzene rings is 1. The van der Waals surface area contributed by atoms with Crippen LogP contribution < -0.4 is 16.4 Å². The Morgan fingerprint density at radius 2 is 1.94 bits per heavy atom. The average Bonchev–Trinajstić information content (AvgIpc) is 3.67. The van der Waals surface area contributed by atoms with Crippen LogP contribution in [0.25, 0.3) is 0 Å². The Morgan fingerprint density at radius 3 is 2.56 bits per heavy atom. The van der Waals surface area contributed by atoms with Crippen molar-refractivity contribution in [2.45, 2.75) is 30.3 Å². The summed E-state index contributed by atoms with van der Waals surface area (Å²) in [5.41, 5.74) is 5.47. The smallest absolute Gasteiger partial charge is 0.352 e. The number of carboxylic acid groups (broad SMARTS) is 2. The number of hydrogen-bond donors (Lipinski definition) is 7. The molecule has 0 unspecified atom stereocenters. The number of carbonyl (C=O) groups is 5. The fourth-order valence-corrected chi connectivity index (χ4v) is 7.78. The van der Waals surface area contributed by atoms with Gasteiger partial charge in [-0.15, -0.1) is 23.1 Å². The number of quaternary nitrogens is 1. The maximum atomic E-state index is 13.4. The van der Waals surface area contributed by atoms with Gasteiger partial charge in [0.2, 0.25) is 0 Å². The molecule has 0 saturated carbocycles. The van der Waals surface area contributed by atoms with E-state index in [1.54, 1.807) is 0 Å². The van der Waals surface area contributed by atoms with Crippen LogP contribution in [0.15, 0.2) is 33.9 Å². The molecule has 1 aromatic carbocycles. The number of likely N-dealkylation sites (N-methyl/N-ethyl adjacent to an activating group) is 1. The lowest BCUT2D eigenvalue weighted by atomic mass is 10.0. The number of nitrogens with one attached hydrogen (secondary N) is 2. The maximum absolute atomic E-state index is 13.4. The van der Waals surface area contributed by atoms with Crippen LogP contribution in [-0.2, 0) is 24.0 Å². The van der Waals surface area contributed by atoms with E-state index in [9.17, 15) is 44.4 Å². The molecule has 3 aliphatic rings. The number of thiazole rings is 1. The van der Waals surface area contributed by atoms with Gasteiger partial charge in [0, 0.05) is 29.5 Å². The number of carboxylic acids is 2. The first-order chi connectivity index (χ1) is 22.7. The average molecular weight is 725 g/mol. The Balaban J connectivity index is 1.29. The number of aliphatic carboxylic acids is 2. The zero-order chi connectivity index (χ0) is 34.9. The van der Waals surface area contributed by atoms with E-state index < -0.39 is 76.0 Å². The van der Waals surface area contributed by atoms with E-state index in [4.69, 9.17) is 22.2 Å². The summed E-state index contributed by atoms with van der Waals surface area (Å²) < 4.78 is 0.691. The molecule has 1 aromatic heterocycles. The molecular formula is C28H31ClN7O10S2+. The first-order valence-electron chi connectivity index (χ1n) is 14.4. The standard InChI is InChI=1S/C28H30ClN7O10S2/c1-36(6-2-3-7-36)8-12-10-47-25-19(24(41)35(25)20(12)27(44)45)33-23(40)18(15-11-48-28(30)32-15)34-46-9-14(26(42)43)31-22(39)13-4-5-16(37)21(38)17(13)29/h4-5,11,14,19,25H,2-3,6-10H2,1H3,(H7-,30,31,32,33,34,37,38,39,40,42,43,44,45)/p+1/t14-,19+,25+/m0/s1. The second-order valence-corrected chi connectivity index (χ2v) is 13.9. The van der Waals surface area contributed by atoms with Gasteiger partial charge in [-0.1, -0.05) is 16.8 Å². The largest absolute Gasteiger partial charge is 0.504 e. The van der Waals surface area contributed by atoms with Gasteiger partial charge in [-0.05, 0) is 12.1 Å². The van der Waals surface area contributed by atoms with Crippen molar-refractivity contribution < 1.29 is 53.7 Å². The number of fused-ring (bicyclic) bond motifs is 1. The molecule has 20 heteroatoms. The quantitative estimate of drug-likeness (QED) is 0.0514. The van der Waals surface area contributed by atoms with E-state index in [-0.39, 0.29) is 22.1 Å². The number of thioether (sulfide) groups is 1. The number of aromatic nitrogens is 1. The number of amides is 3. The molecule has 256 valence electrons. The van der Waals surface area contributed by atoms with Gasteiger partial charge in [0.1, 0.15) is 36.0 Å². The normalized spacial score (nSPS) is 20.8. The topological polar surface area (TPSA) is 254 Å². The minimum atomic E-state index is -1.72. The maximum Gasteiger partial charge on any atom is 0.352 e. The van der Waals surface area contributed by atoms with Crippen molar-refractivity contribution in [1.29, 1.82) is 0 Å². The number of anilines is 1. The summed E-state index contributed by atoms with van der Waals surface area (Å²) in [4.78, 5) is 73.9. The van der Waals surface area contributed by atoms with Crippen molar-refractivity contribution >= 4 is 75.2 Å². The highest BCUT2D eigenvalue weighted by molar-refractivity contribution is 8.00. The lowest BCUT2D eigenvalue weighted by Crippen LogP contribution is -2.71. The zero-order valence-corrected chi connectivity index (χ0v) is 27.6. The van der Waals surface area contributed by atoms with Crippen LogP contribution in [0, 0.1) is 0 Å². The van der Waals surface area contributed by atoms with Crippen LogP contribution in [0.4, 0.5) is 5.13 Å². The second-order valence-electron chi connectivity index (χ2n) is 11.5. The highest BCUT2D eigenvalue weighted by Gasteiger charge is 2.55. The van der Waals surface area contributed by atoms with E-state index in [0.717, 1.165) is 49.4 Å². The van der Waals surface area contributed by atoms with Gasteiger partial charge in [-0.3, -0.25) is 19.3 Å². The first kappa shape index (κ1) is 34.7. The number of nitrogens with two attached hydrogens (primary N) is 1. The molecule has 0 aliphatic carbocycles. The minimum Gasteiger partial charge on any atom is -0.504 e. The summed E-state index contributed by atoms with van der Waals surface area (Å²) in [6.45, 7) is 1.54. The Bertz CT molecular complexity index is 1740. The molecule has 3 aliphatic heterocycles. The van der Waals surface area contributed by atoms with E-state index in [1.165, 1.54) is 22.0 Å². The third kappa shape index (κ3) is 6.98. The Hall–Kier alpha value is -4.59. The Kier molecular flexibility index (Phi) is 10.0. The molecule has 4 heterocycles. The van der Waals surface area contributed by atoms with Gasteiger partial charge in [0.15, 0.2) is 28.4 Å². The molecule has 2 saturated heterocycles. The molecule has 0 radical (unpaired) electrons. The Morgan fingerprint density at radius 1 is 1.23 bits per heavy atom. The number of oxime groups is 1. The van der Waals surface area contributed by atoms with Crippen LogP contribution >= 0.6 is 34.7 Å². The lowest BCUT2D eigenvalue weighted by molar-refractivity contribution is -0.893. The predicted molar refractivity (Wildman–Crippen MR) is 172 cm³/mol. The summed E-state index contributed by atoms with van der Waals surface area (Å²) in [6.07, 6.45) is 2.09. The summed E-state index contributed by atoms with van der Waals surface area (Å²) in [6, 6.07) is -0.770. The van der Waals surface area contributed by atoms with Crippen LogP contribution in [0.1, 0.15) is 28.9 Å². The summed E-state index contributed by atoms with van der Waals surface area (Å²) in [5.74, 6) is -6.34. The molecule has 8 N–H and O–H groups in total. The number of nitrogen functional groups attached to an aromatic ring is 1. The number of halogens is 1. The Labute approximate surface area is 285 Å². The van der Waals surface area contributed by atoms with Crippen molar-refractivity contribution in [1.82, 2.24) is 20.5 Å². The molecule has 3 amide bonds. The molecule has 0 bridgehead atoms. The number of phenolic OH excluding ortho intramolecular Hbond substituents is 2. The zero-order valence-electron chi connectivity index (χ0n) is 25.2. The third-order valence-corrected chi connectivity index (χ3v) is 10.5. The predicted octanol–water partition coefficient (Wildman–Crippen LogP) is 0.373. The SMILES string of the molecule is C[N+]1(CC2=C(C(=O)O)N3C(=O)[C@@H](NC(=O)/C(=N\OC[C@H](NC(=O)c4ccc(O)c(O)c4Cl)C(=O)O)c4csc(N)n4)[C@H]3SC2)CCCC1. The van der Waals surface area contributed by atoms with Crippen molar-refractivity contribution in [2.75, 3.05) is 44.8 Å². The van der Waals surface area contributed by atoms with Gasteiger partial charge >= 0.3 is 11.9 Å². The number of aromatic hydroxyl groups is 2.